The third-order valence-electron chi connectivity index (χ3n) is 12.8. The first-order chi connectivity index (χ1) is 33.7. The summed E-state index contributed by atoms with van der Waals surface area (Å²) >= 11 is 0. The van der Waals surface area contributed by atoms with Crippen LogP contribution in [0.1, 0.15) is 0 Å². The second-order valence-corrected chi connectivity index (χ2v) is 20.7. The topological polar surface area (TPSA) is 69.4 Å². The van der Waals surface area contributed by atoms with E-state index in [4.69, 9.17) is 24.9 Å². The molecule has 0 N–H and O–H groups in total. The Morgan fingerprint density at radius 3 is 1.10 bits per heavy atom. The van der Waals surface area contributed by atoms with Crippen LogP contribution in [0.15, 0.2) is 255 Å². The van der Waals surface area contributed by atoms with Crippen molar-refractivity contribution in [2.45, 2.75) is 0 Å². The highest BCUT2D eigenvalue weighted by atomic mass is 28.3. The van der Waals surface area contributed by atoms with Gasteiger partial charge >= 0.3 is 0 Å². The van der Waals surface area contributed by atoms with Crippen molar-refractivity contribution in [2.24, 2.45) is 0 Å². The lowest BCUT2D eigenvalue weighted by molar-refractivity contribution is 0.953. The van der Waals surface area contributed by atoms with Crippen molar-refractivity contribution in [3.8, 4) is 62.6 Å². The molecule has 0 spiro atoms. The molecule has 12 rings (SSSR count). The van der Waals surface area contributed by atoms with Crippen molar-refractivity contribution in [3.05, 3.63) is 255 Å². The van der Waals surface area contributed by atoms with Crippen molar-refractivity contribution >= 4 is 50.6 Å². The number of aromatic nitrogens is 6. The molecule has 0 unspecified atom stereocenters. The van der Waals surface area contributed by atoms with Gasteiger partial charge in [-0.3, -0.25) is 4.57 Å². The molecule has 3 heterocycles. The van der Waals surface area contributed by atoms with Crippen LogP contribution >= 0.6 is 0 Å². The van der Waals surface area contributed by atoms with E-state index < -0.39 is 8.07 Å². The number of rotatable bonds is 10. The Labute approximate surface area is 395 Å². The quantitative estimate of drug-likeness (QED) is 0.101. The van der Waals surface area contributed by atoms with Crippen molar-refractivity contribution < 1.29 is 0 Å². The Kier molecular flexibility index (Phi) is 10.4. The second-order valence-electron chi connectivity index (χ2n) is 16.9. The maximum atomic E-state index is 5.39. The lowest BCUT2D eigenvalue weighted by atomic mass is 10.1. The minimum atomic E-state index is -2.86. The summed E-state index contributed by atoms with van der Waals surface area (Å²) in [5.74, 6) is 2.33. The molecule has 0 radical (unpaired) electrons. The number of hydrogen-bond acceptors (Lipinski definition) is 5. The number of fused-ring (bicyclic) bond motifs is 3. The third kappa shape index (κ3) is 7.28. The molecule has 0 aliphatic rings. The van der Waals surface area contributed by atoms with Crippen LogP contribution in [-0.2, 0) is 0 Å². The van der Waals surface area contributed by atoms with E-state index in [0.717, 1.165) is 61.0 Å². The molecule has 0 aliphatic carbocycles. The molecule has 9 aromatic carbocycles. The Hall–Kier alpha value is -8.91. The highest BCUT2D eigenvalue weighted by Gasteiger charge is 2.41. The van der Waals surface area contributed by atoms with Crippen molar-refractivity contribution in [1.82, 2.24) is 29.5 Å². The summed E-state index contributed by atoms with van der Waals surface area (Å²) in [5.41, 5.74) is 8.46. The van der Waals surface area contributed by atoms with Crippen LogP contribution in [0.5, 0.6) is 0 Å². The summed E-state index contributed by atoms with van der Waals surface area (Å²) in [6, 6.07) is 89.6. The molecular weight excluding hydrogens is 845 g/mol. The van der Waals surface area contributed by atoms with Crippen LogP contribution in [0.25, 0.3) is 84.4 Å². The van der Waals surface area contributed by atoms with Crippen molar-refractivity contribution in [3.63, 3.8) is 0 Å². The van der Waals surface area contributed by atoms with Gasteiger partial charge < -0.3 is 0 Å². The maximum Gasteiger partial charge on any atom is 0.238 e. The van der Waals surface area contributed by atoms with Gasteiger partial charge in [-0.25, -0.2) is 15.0 Å². The first kappa shape index (κ1) is 40.6. The fourth-order valence-electron chi connectivity index (χ4n) is 9.68. The van der Waals surface area contributed by atoms with E-state index in [1.54, 1.807) is 0 Å². The summed E-state index contributed by atoms with van der Waals surface area (Å²) in [5, 5.41) is 7.39. The minimum absolute atomic E-state index is 0.543. The SMILES string of the molecule is c1ccc(-c2cc(-c3ccccc3)nc(-c3ccc(-c4nc(-c5cccc([Si](c6ccccc6)(c6ccccc6)c6ccccc6)c5)nc(-n5c6ccccc6c6ccccc65)n4)cc3)n2)cc1. The molecule has 0 saturated heterocycles. The summed E-state index contributed by atoms with van der Waals surface area (Å²) in [7, 11) is -2.86. The number of para-hydroxylation sites is 2. The van der Waals surface area contributed by atoms with E-state index in [2.05, 4.69) is 223 Å². The van der Waals surface area contributed by atoms with Gasteiger partial charge in [-0.2, -0.15) is 9.97 Å². The van der Waals surface area contributed by atoms with E-state index in [1.165, 1.54) is 20.7 Å². The first-order valence-corrected chi connectivity index (χ1v) is 24.8. The predicted octanol–water partition coefficient (Wildman–Crippen LogP) is 11.5. The molecule has 7 heteroatoms. The van der Waals surface area contributed by atoms with E-state index in [1.807, 2.05) is 36.4 Å². The zero-order valence-electron chi connectivity index (χ0n) is 36.9. The predicted molar refractivity (Wildman–Crippen MR) is 281 cm³/mol. The Balaban J connectivity index is 1.05. The summed E-state index contributed by atoms with van der Waals surface area (Å²) < 4.78 is 2.17. The summed E-state index contributed by atoms with van der Waals surface area (Å²) in [6.45, 7) is 0. The van der Waals surface area contributed by atoms with Gasteiger partial charge in [0.05, 0.1) is 22.4 Å². The van der Waals surface area contributed by atoms with Gasteiger partial charge in [0.25, 0.3) is 0 Å². The monoisotopic (exact) mass is 886 g/mol. The zero-order valence-corrected chi connectivity index (χ0v) is 37.9. The van der Waals surface area contributed by atoms with Crippen LogP contribution in [-0.4, -0.2) is 37.6 Å². The fourth-order valence-corrected chi connectivity index (χ4v) is 14.5. The molecular formula is C61H42N6Si. The van der Waals surface area contributed by atoms with E-state index in [-0.39, 0.29) is 0 Å². The van der Waals surface area contributed by atoms with Crippen LogP contribution < -0.4 is 20.7 Å². The molecule has 320 valence electrons. The van der Waals surface area contributed by atoms with Crippen molar-refractivity contribution in [1.29, 1.82) is 0 Å². The molecule has 0 amide bonds. The minimum Gasteiger partial charge on any atom is -0.278 e. The van der Waals surface area contributed by atoms with Gasteiger partial charge in [0.1, 0.15) is 0 Å². The molecule has 3 aromatic heterocycles. The Morgan fingerprint density at radius 2 is 0.632 bits per heavy atom. The maximum absolute atomic E-state index is 5.39. The molecule has 0 bridgehead atoms. The zero-order chi connectivity index (χ0) is 45.3. The number of nitrogens with zero attached hydrogens (tertiary/aromatic N) is 6. The van der Waals surface area contributed by atoms with Gasteiger partial charge in [0.2, 0.25) is 5.95 Å². The average molecular weight is 887 g/mol. The van der Waals surface area contributed by atoms with Gasteiger partial charge in [-0.1, -0.05) is 237 Å². The van der Waals surface area contributed by atoms with E-state index >= 15 is 0 Å². The standard InChI is InChI=1S/C61H42N6Si/c1-6-21-43(22-7-1)54-42-55(44-23-8-2-9-24-44)63-58(62-54)45-37-39-46(40-38-45)59-64-60(66-61(65-59)67-56-35-18-16-33-52(56)53-34-17-19-36-57(53)67)47-25-20-32-51(41-47)68(48-26-10-3-11-27-48,49-28-12-4-13-29-49)50-30-14-5-15-31-50/h1-42H. The number of benzene rings is 9. The van der Waals surface area contributed by atoms with Crippen LogP contribution in [0.4, 0.5) is 0 Å². The van der Waals surface area contributed by atoms with E-state index in [0.29, 0.717) is 23.4 Å². The molecule has 0 fully saturated rings. The van der Waals surface area contributed by atoms with Crippen LogP contribution in [0, 0.1) is 0 Å². The summed E-state index contributed by atoms with van der Waals surface area (Å²) in [6.07, 6.45) is 0. The van der Waals surface area contributed by atoms with Gasteiger partial charge in [0, 0.05) is 38.6 Å². The molecule has 0 aliphatic heterocycles. The van der Waals surface area contributed by atoms with Crippen LogP contribution in [0.2, 0.25) is 0 Å². The average Bonchev–Trinajstić information content (AvgIpc) is 3.77. The summed E-state index contributed by atoms with van der Waals surface area (Å²) in [4.78, 5) is 26.3. The Morgan fingerprint density at radius 1 is 0.265 bits per heavy atom. The van der Waals surface area contributed by atoms with Crippen LogP contribution in [0.3, 0.4) is 0 Å². The smallest absolute Gasteiger partial charge is 0.238 e. The van der Waals surface area contributed by atoms with Gasteiger partial charge in [0.15, 0.2) is 25.5 Å². The lowest BCUT2D eigenvalue weighted by Gasteiger charge is -2.34. The molecule has 0 atom stereocenters. The molecule has 0 saturated carbocycles. The third-order valence-corrected chi connectivity index (χ3v) is 17.6. The molecule has 68 heavy (non-hydrogen) atoms. The second kappa shape index (κ2) is 17.5. The van der Waals surface area contributed by atoms with Gasteiger partial charge in [-0.05, 0) is 38.9 Å². The molecule has 12 aromatic rings. The van der Waals surface area contributed by atoms with Gasteiger partial charge in [-0.15, -0.1) is 0 Å². The Bertz CT molecular complexity index is 3510. The normalized spacial score (nSPS) is 11.5. The number of hydrogen-bond donors (Lipinski definition) is 0. The van der Waals surface area contributed by atoms with E-state index in [9.17, 15) is 0 Å². The highest BCUT2D eigenvalue weighted by molar-refractivity contribution is 7.19. The van der Waals surface area contributed by atoms with Crippen molar-refractivity contribution in [2.75, 3.05) is 0 Å². The highest BCUT2D eigenvalue weighted by Crippen LogP contribution is 2.33. The lowest BCUT2D eigenvalue weighted by Crippen LogP contribution is -2.74. The molecule has 6 nitrogen and oxygen atoms in total. The largest absolute Gasteiger partial charge is 0.278 e. The fraction of sp³-hybridized carbons (Fsp3) is 0. The first-order valence-electron chi connectivity index (χ1n) is 22.8.